The summed E-state index contributed by atoms with van der Waals surface area (Å²) in [4.78, 5) is 11.9. The quantitative estimate of drug-likeness (QED) is 0.772. The topological polar surface area (TPSA) is 17.1 Å². The maximum absolute atomic E-state index is 13.3. The largest absolute Gasteiger partial charge is 0.298 e. The lowest BCUT2D eigenvalue weighted by Crippen LogP contribution is -2.05. The first-order valence-electron chi connectivity index (χ1n) is 5.78. The summed E-state index contributed by atoms with van der Waals surface area (Å²) in [5.74, 6) is -0.881. The molecule has 0 bridgehead atoms. The third-order valence-corrected chi connectivity index (χ3v) is 3.62. The molecule has 98 valence electrons. The fourth-order valence-corrected chi connectivity index (χ4v) is 2.44. The van der Waals surface area contributed by atoms with Crippen molar-refractivity contribution in [1.82, 2.24) is 0 Å². The zero-order valence-corrected chi connectivity index (χ0v) is 10.9. The van der Waals surface area contributed by atoms with Gasteiger partial charge in [-0.3, -0.25) is 4.79 Å². The predicted octanol–water partition coefficient (Wildman–Crippen LogP) is 3.87. The second kappa shape index (κ2) is 6.48. The van der Waals surface area contributed by atoms with Crippen molar-refractivity contribution in [3.63, 3.8) is 0 Å². The standard InChI is InChI=1S/C15H12F2OS/c16-12-6-7-14(17)15(9-12)19-10-13(18)8-11-4-2-1-3-5-11/h1-7,9H,8,10H2. The summed E-state index contributed by atoms with van der Waals surface area (Å²) in [6.07, 6.45) is 0.310. The van der Waals surface area contributed by atoms with Gasteiger partial charge in [-0.25, -0.2) is 8.78 Å². The van der Waals surface area contributed by atoms with E-state index in [0.717, 1.165) is 35.5 Å². The Kier molecular flexibility index (Phi) is 4.68. The summed E-state index contributed by atoms with van der Waals surface area (Å²) >= 11 is 1.02. The van der Waals surface area contributed by atoms with Crippen LogP contribution < -0.4 is 0 Å². The van der Waals surface area contributed by atoms with Gasteiger partial charge in [-0.05, 0) is 23.8 Å². The van der Waals surface area contributed by atoms with Crippen molar-refractivity contribution in [2.75, 3.05) is 5.75 Å². The van der Waals surface area contributed by atoms with E-state index in [1.165, 1.54) is 0 Å². The van der Waals surface area contributed by atoms with Crippen LogP contribution in [0.15, 0.2) is 53.4 Å². The van der Waals surface area contributed by atoms with Gasteiger partial charge in [-0.15, -0.1) is 11.8 Å². The summed E-state index contributed by atoms with van der Waals surface area (Å²) in [7, 11) is 0. The number of benzene rings is 2. The van der Waals surface area contributed by atoms with E-state index in [1.807, 2.05) is 30.3 Å². The van der Waals surface area contributed by atoms with Crippen molar-refractivity contribution in [2.45, 2.75) is 11.3 Å². The van der Waals surface area contributed by atoms with Crippen molar-refractivity contribution in [1.29, 1.82) is 0 Å². The Morgan fingerprint density at radius 3 is 2.53 bits per heavy atom. The van der Waals surface area contributed by atoms with Gasteiger partial charge in [0, 0.05) is 11.3 Å². The molecule has 0 unspecified atom stereocenters. The highest BCUT2D eigenvalue weighted by Gasteiger charge is 2.08. The van der Waals surface area contributed by atoms with Gasteiger partial charge in [0.1, 0.15) is 17.4 Å². The van der Waals surface area contributed by atoms with Gasteiger partial charge in [-0.1, -0.05) is 30.3 Å². The highest BCUT2D eigenvalue weighted by molar-refractivity contribution is 8.00. The molecule has 0 aliphatic carbocycles. The molecule has 2 aromatic rings. The molecule has 0 saturated carbocycles. The number of rotatable bonds is 5. The van der Waals surface area contributed by atoms with Crippen LogP contribution in [0, 0.1) is 11.6 Å². The minimum atomic E-state index is -0.501. The second-order valence-electron chi connectivity index (χ2n) is 4.06. The summed E-state index contributed by atoms with van der Waals surface area (Å²) in [5.41, 5.74) is 0.924. The lowest BCUT2D eigenvalue weighted by molar-refractivity contribution is -0.116. The monoisotopic (exact) mass is 278 g/mol. The normalized spacial score (nSPS) is 10.4. The van der Waals surface area contributed by atoms with Crippen molar-refractivity contribution >= 4 is 17.5 Å². The van der Waals surface area contributed by atoms with E-state index >= 15 is 0 Å². The van der Waals surface area contributed by atoms with E-state index in [-0.39, 0.29) is 16.4 Å². The average molecular weight is 278 g/mol. The molecule has 2 rings (SSSR count). The smallest absolute Gasteiger partial charge is 0.147 e. The first-order valence-corrected chi connectivity index (χ1v) is 6.77. The van der Waals surface area contributed by atoms with Crippen molar-refractivity contribution in [3.8, 4) is 0 Å². The zero-order chi connectivity index (χ0) is 13.7. The van der Waals surface area contributed by atoms with E-state index in [1.54, 1.807) is 0 Å². The molecule has 1 nitrogen and oxygen atoms in total. The van der Waals surface area contributed by atoms with Gasteiger partial charge in [-0.2, -0.15) is 0 Å². The Morgan fingerprint density at radius 2 is 1.79 bits per heavy atom. The highest BCUT2D eigenvalue weighted by Crippen LogP contribution is 2.22. The fourth-order valence-electron chi connectivity index (χ4n) is 1.62. The summed E-state index contributed by atoms with van der Waals surface area (Å²) in [6, 6.07) is 12.6. The van der Waals surface area contributed by atoms with Crippen LogP contribution in [0.3, 0.4) is 0 Å². The molecule has 0 aliphatic rings. The van der Waals surface area contributed by atoms with Crippen molar-refractivity contribution in [2.24, 2.45) is 0 Å². The van der Waals surface area contributed by atoms with Gasteiger partial charge in [0.2, 0.25) is 0 Å². The van der Waals surface area contributed by atoms with Gasteiger partial charge >= 0.3 is 0 Å². The van der Waals surface area contributed by atoms with Crippen LogP contribution in [-0.2, 0) is 11.2 Å². The summed E-state index contributed by atoms with van der Waals surface area (Å²) in [6.45, 7) is 0. The van der Waals surface area contributed by atoms with Crippen LogP contribution in [0.4, 0.5) is 8.78 Å². The number of thioether (sulfide) groups is 1. The second-order valence-corrected chi connectivity index (χ2v) is 5.08. The highest BCUT2D eigenvalue weighted by atomic mass is 32.2. The molecule has 0 amide bonds. The van der Waals surface area contributed by atoms with E-state index in [0.29, 0.717) is 6.42 Å². The Morgan fingerprint density at radius 1 is 1.05 bits per heavy atom. The van der Waals surface area contributed by atoms with Crippen LogP contribution in [-0.4, -0.2) is 11.5 Å². The molecule has 0 aliphatic heterocycles. The number of Topliss-reactive ketones (excluding diaryl/α,β-unsaturated/α-hetero) is 1. The van der Waals surface area contributed by atoms with Crippen LogP contribution >= 0.6 is 11.8 Å². The SMILES string of the molecule is O=C(CSc1cc(F)ccc1F)Cc1ccccc1. The minimum Gasteiger partial charge on any atom is -0.298 e. The maximum Gasteiger partial charge on any atom is 0.147 e. The van der Waals surface area contributed by atoms with Crippen LogP contribution in [0.1, 0.15) is 5.56 Å². The minimum absolute atomic E-state index is 0.0140. The molecule has 0 spiro atoms. The Labute approximate surface area is 114 Å². The number of hydrogen-bond acceptors (Lipinski definition) is 2. The Bertz CT molecular complexity index is 570. The van der Waals surface area contributed by atoms with Gasteiger partial charge in [0.15, 0.2) is 0 Å². The predicted molar refractivity (Wildman–Crippen MR) is 72.2 cm³/mol. The van der Waals surface area contributed by atoms with E-state index in [9.17, 15) is 13.6 Å². The lowest BCUT2D eigenvalue weighted by atomic mass is 10.1. The Hall–Kier alpha value is -1.68. The molecule has 0 aromatic heterocycles. The summed E-state index contributed by atoms with van der Waals surface area (Å²) in [5, 5.41) is 0. The van der Waals surface area contributed by atoms with Gasteiger partial charge < -0.3 is 0 Å². The molecule has 0 radical (unpaired) electrons. The van der Waals surface area contributed by atoms with Crippen LogP contribution in [0.25, 0.3) is 0 Å². The number of halogens is 2. The fraction of sp³-hybridized carbons (Fsp3) is 0.133. The molecular weight excluding hydrogens is 266 g/mol. The average Bonchev–Trinajstić information content (AvgIpc) is 2.41. The molecular formula is C15H12F2OS. The number of carbonyl (C=O) groups is 1. The van der Waals surface area contributed by atoms with E-state index in [2.05, 4.69) is 0 Å². The van der Waals surface area contributed by atoms with Crippen LogP contribution in [0.2, 0.25) is 0 Å². The molecule has 0 atom stereocenters. The molecule has 0 N–H and O–H groups in total. The van der Waals surface area contributed by atoms with E-state index in [4.69, 9.17) is 0 Å². The molecule has 19 heavy (non-hydrogen) atoms. The first-order chi connectivity index (χ1) is 9.15. The molecule has 0 heterocycles. The third-order valence-electron chi connectivity index (χ3n) is 2.53. The van der Waals surface area contributed by atoms with Crippen molar-refractivity contribution < 1.29 is 13.6 Å². The zero-order valence-electron chi connectivity index (χ0n) is 10.1. The molecule has 4 heteroatoms. The molecule has 0 saturated heterocycles. The maximum atomic E-state index is 13.3. The number of hydrogen-bond donors (Lipinski definition) is 0. The third kappa shape index (κ3) is 4.17. The number of ketones is 1. The lowest BCUT2D eigenvalue weighted by Gasteiger charge is -2.03. The van der Waals surface area contributed by atoms with Crippen LogP contribution in [0.5, 0.6) is 0 Å². The van der Waals surface area contributed by atoms with Gasteiger partial charge in [0.25, 0.3) is 0 Å². The first kappa shape index (κ1) is 13.7. The van der Waals surface area contributed by atoms with Gasteiger partial charge in [0.05, 0.1) is 5.75 Å². The molecule has 2 aromatic carbocycles. The summed E-state index contributed by atoms with van der Waals surface area (Å²) < 4.78 is 26.3. The molecule has 0 fully saturated rings. The van der Waals surface area contributed by atoms with E-state index < -0.39 is 11.6 Å². The number of carbonyl (C=O) groups excluding carboxylic acids is 1. The Balaban J connectivity index is 1.92. The van der Waals surface area contributed by atoms with Crippen molar-refractivity contribution in [3.05, 3.63) is 65.7 Å².